The van der Waals surface area contributed by atoms with Gasteiger partial charge >= 0.3 is 0 Å². The van der Waals surface area contributed by atoms with Crippen molar-refractivity contribution in [1.29, 1.82) is 0 Å². The van der Waals surface area contributed by atoms with Crippen LogP contribution in [-0.4, -0.2) is 35.6 Å². The average Bonchev–Trinajstić information content (AvgIpc) is 3.18. The molecule has 0 aliphatic rings. The maximum absolute atomic E-state index is 12.1. The van der Waals surface area contributed by atoms with Gasteiger partial charge in [-0.1, -0.05) is 17.7 Å². The summed E-state index contributed by atoms with van der Waals surface area (Å²) in [6, 6.07) is 14.7. The third kappa shape index (κ3) is 4.58. The summed E-state index contributed by atoms with van der Waals surface area (Å²) in [5.41, 5.74) is 3.19. The molecule has 0 atom stereocenters. The summed E-state index contributed by atoms with van der Waals surface area (Å²) in [6.07, 6.45) is 0.240. The molecule has 0 fully saturated rings. The van der Waals surface area contributed by atoms with Crippen molar-refractivity contribution in [2.75, 3.05) is 13.6 Å². The van der Waals surface area contributed by atoms with E-state index in [9.17, 15) is 9.59 Å². The van der Waals surface area contributed by atoms with Crippen LogP contribution in [0.5, 0.6) is 0 Å². The highest BCUT2D eigenvalue weighted by Crippen LogP contribution is 2.24. The first-order valence-electron chi connectivity index (χ1n) is 8.56. The van der Waals surface area contributed by atoms with Crippen LogP contribution < -0.4 is 10.6 Å². The molecule has 1 heterocycles. The van der Waals surface area contributed by atoms with E-state index in [1.54, 1.807) is 31.3 Å². The molecule has 0 saturated heterocycles. The molecule has 0 radical (unpaired) electrons. The second-order valence-corrected chi connectivity index (χ2v) is 6.04. The van der Waals surface area contributed by atoms with Crippen molar-refractivity contribution in [3.05, 3.63) is 59.7 Å². The molecule has 2 amide bonds. The van der Waals surface area contributed by atoms with Gasteiger partial charge in [-0.15, -0.1) is 10.2 Å². The molecule has 0 aliphatic heterocycles. The molecule has 27 heavy (non-hydrogen) atoms. The van der Waals surface area contributed by atoms with Crippen molar-refractivity contribution >= 4 is 11.8 Å². The number of rotatable bonds is 6. The number of nitrogens with one attached hydrogen (secondary N) is 2. The molecule has 0 spiro atoms. The smallest absolute Gasteiger partial charge is 0.251 e. The lowest BCUT2D eigenvalue weighted by atomic mass is 10.1. The Kier molecular flexibility index (Phi) is 5.61. The first-order valence-corrected chi connectivity index (χ1v) is 8.56. The van der Waals surface area contributed by atoms with E-state index in [0.717, 1.165) is 16.7 Å². The molecule has 7 heteroatoms. The van der Waals surface area contributed by atoms with Crippen LogP contribution in [0.3, 0.4) is 0 Å². The molecule has 138 valence electrons. The number of aromatic nitrogens is 2. The Bertz CT molecular complexity index is 948. The van der Waals surface area contributed by atoms with E-state index in [4.69, 9.17) is 4.42 Å². The molecule has 3 rings (SSSR count). The average molecular weight is 364 g/mol. The van der Waals surface area contributed by atoms with Crippen molar-refractivity contribution in [1.82, 2.24) is 20.8 Å². The van der Waals surface area contributed by atoms with Crippen molar-refractivity contribution in [2.45, 2.75) is 13.3 Å². The Morgan fingerprint density at radius 2 is 1.70 bits per heavy atom. The molecule has 3 aromatic rings. The van der Waals surface area contributed by atoms with Crippen LogP contribution >= 0.6 is 0 Å². The molecule has 2 N–H and O–H groups in total. The third-order valence-electron chi connectivity index (χ3n) is 4.00. The lowest BCUT2D eigenvalue weighted by molar-refractivity contribution is -0.120. The Morgan fingerprint density at radius 1 is 1.00 bits per heavy atom. The van der Waals surface area contributed by atoms with Gasteiger partial charge in [0.15, 0.2) is 0 Å². The molecule has 0 bridgehead atoms. The van der Waals surface area contributed by atoms with Gasteiger partial charge in [0.05, 0.1) is 0 Å². The summed E-state index contributed by atoms with van der Waals surface area (Å²) in [6.45, 7) is 2.28. The number of amides is 2. The fourth-order valence-corrected chi connectivity index (χ4v) is 2.52. The zero-order chi connectivity index (χ0) is 19.2. The molecule has 7 nitrogen and oxygen atoms in total. The normalized spacial score (nSPS) is 10.4. The number of aryl methyl sites for hydroxylation is 1. The maximum Gasteiger partial charge on any atom is 0.251 e. The zero-order valence-corrected chi connectivity index (χ0v) is 15.2. The van der Waals surface area contributed by atoms with Gasteiger partial charge in [-0.05, 0) is 43.3 Å². The van der Waals surface area contributed by atoms with E-state index in [0.29, 0.717) is 17.3 Å². The van der Waals surface area contributed by atoms with Crippen LogP contribution in [0, 0.1) is 6.92 Å². The topological polar surface area (TPSA) is 97.1 Å². The van der Waals surface area contributed by atoms with Gasteiger partial charge in [-0.2, -0.15) is 0 Å². The van der Waals surface area contributed by atoms with Gasteiger partial charge in [0, 0.05) is 36.7 Å². The zero-order valence-electron chi connectivity index (χ0n) is 15.2. The Labute approximate surface area is 156 Å². The van der Waals surface area contributed by atoms with Gasteiger partial charge in [0.2, 0.25) is 17.7 Å². The quantitative estimate of drug-likeness (QED) is 0.701. The molecule has 2 aromatic carbocycles. The Balaban J connectivity index is 1.67. The molecular formula is C20H20N4O3. The van der Waals surface area contributed by atoms with E-state index in [-0.39, 0.29) is 24.8 Å². The monoisotopic (exact) mass is 364 g/mol. The molecule has 0 saturated carbocycles. The highest BCUT2D eigenvalue weighted by molar-refractivity contribution is 5.94. The highest BCUT2D eigenvalue weighted by Gasteiger charge is 2.12. The van der Waals surface area contributed by atoms with E-state index in [2.05, 4.69) is 20.8 Å². The van der Waals surface area contributed by atoms with Crippen molar-refractivity contribution in [3.63, 3.8) is 0 Å². The number of nitrogens with zero attached hydrogens (tertiary/aromatic N) is 2. The standard InChI is InChI=1S/C20H20N4O3/c1-13-4-3-5-16(12-13)20-24-23-19(27-20)15-8-6-14(7-9-15)18(26)22-11-10-17(25)21-2/h3-9,12H,10-11H2,1-2H3,(H,21,25)(H,22,26). The van der Waals surface area contributed by atoms with E-state index >= 15 is 0 Å². The van der Waals surface area contributed by atoms with Crippen LogP contribution in [0.4, 0.5) is 0 Å². The number of carbonyl (C=O) groups is 2. The second kappa shape index (κ2) is 8.27. The van der Waals surface area contributed by atoms with Gasteiger partial charge < -0.3 is 15.1 Å². The fourth-order valence-electron chi connectivity index (χ4n) is 2.52. The van der Waals surface area contributed by atoms with Crippen LogP contribution in [-0.2, 0) is 4.79 Å². The number of benzene rings is 2. The summed E-state index contributed by atoms with van der Waals surface area (Å²) in [7, 11) is 1.56. The van der Waals surface area contributed by atoms with Crippen LogP contribution in [0.1, 0.15) is 22.3 Å². The molecular weight excluding hydrogens is 344 g/mol. The lowest BCUT2D eigenvalue weighted by Crippen LogP contribution is -2.29. The number of carbonyl (C=O) groups excluding carboxylic acids is 2. The van der Waals surface area contributed by atoms with Crippen LogP contribution in [0.15, 0.2) is 52.9 Å². The summed E-state index contributed by atoms with van der Waals surface area (Å²) >= 11 is 0. The van der Waals surface area contributed by atoms with Gasteiger partial charge in [-0.3, -0.25) is 9.59 Å². The fraction of sp³-hybridized carbons (Fsp3) is 0.200. The SMILES string of the molecule is CNC(=O)CCNC(=O)c1ccc(-c2nnc(-c3cccc(C)c3)o2)cc1. The summed E-state index contributed by atoms with van der Waals surface area (Å²) in [5, 5.41) is 13.4. The Morgan fingerprint density at radius 3 is 2.37 bits per heavy atom. The minimum atomic E-state index is -0.239. The largest absolute Gasteiger partial charge is 0.416 e. The number of hydrogen-bond donors (Lipinski definition) is 2. The molecule has 0 unspecified atom stereocenters. The highest BCUT2D eigenvalue weighted by atomic mass is 16.4. The van der Waals surface area contributed by atoms with E-state index < -0.39 is 0 Å². The van der Waals surface area contributed by atoms with Crippen LogP contribution in [0.2, 0.25) is 0 Å². The first kappa shape index (κ1) is 18.3. The summed E-state index contributed by atoms with van der Waals surface area (Å²) in [4.78, 5) is 23.3. The summed E-state index contributed by atoms with van der Waals surface area (Å²) in [5.74, 6) is 0.477. The number of hydrogen-bond acceptors (Lipinski definition) is 5. The summed E-state index contributed by atoms with van der Waals surface area (Å²) < 4.78 is 5.75. The second-order valence-electron chi connectivity index (χ2n) is 6.04. The van der Waals surface area contributed by atoms with Gasteiger partial charge in [0.1, 0.15) is 0 Å². The Hall–Kier alpha value is -3.48. The predicted molar refractivity (Wildman–Crippen MR) is 101 cm³/mol. The van der Waals surface area contributed by atoms with E-state index in [1.165, 1.54) is 0 Å². The minimum Gasteiger partial charge on any atom is -0.416 e. The lowest BCUT2D eigenvalue weighted by Gasteiger charge is -2.05. The van der Waals surface area contributed by atoms with Crippen LogP contribution in [0.25, 0.3) is 22.9 Å². The maximum atomic E-state index is 12.1. The molecule has 0 aliphatic carbocycles. The molecule has 1 aromatic heterocycles. The first-order chi connectivity index (χ1) is 13.1. The van der Waals surface area contributed by atoms with E-state index in [1.807, 2.05) is 31.2 Å². The minimum absolute atomic E-state index is 0.119. The van der Waals surface area contributed by atoms with Crippen molar-refractivity contribution in [2.24, 2.45) is 0 Å². The van der Waals surface area contributed by atoms with Gasteiger partial charge in [-0.25, -0.2) is 0 Å². The van der Waals surface area contributed by atoms with Crippen molar-refractivity contribution in [3.8, 4) is 22.9 Å². The third-order valence-corrected chi connectivity index (χ3v) is 4.00. The van der Waals surface area contributed by atoms with Crippen molar-refractivity contribution < 1.29 is 14.0 Å². The predicted octanol–water partition coefficient (Wildman–Crippen LogP) is 2.58. The van der Waals surface area contributed by atoms with Gasteiger partial charge in [0.25, 0.3) is 5.91 Å².